The largest absolute Gasteiger partial charge is 0.358 e. The second-order valence-corrected chi connectivity index (χ2v) is 7.36. The third kappa shape index (κ3) is 3.14. The smallest absolute Gasteiger partial charge is 0.267 e. The van der Waals surface area contributed by atoms with Crippen LogP contribution in [0.15, 0.2) is 48.7 Å². The summed E-state index contributed by atoms with van der Waals surface area (Å²) in [6, 6.07) is 13.7. The van der Waals surface area contributed by atoms with E-state index in [0.29, 0.717) is 24.3 Å². The minimum atomic E-state index is -0.116. The van der Waals surface area contributed by atoms with Crippen LogP contribution in [0, 0.1) is 0 Å². The van der Waals surface area contributed by atoms with Gasteiger partial charge in [-0.3, -0.25) is 14.6 Å². The maximum Gasteiger partial charge on any atom is 0.267 e. The average molecular weight is 399 g/mol. The Hall–Kier alpha value is -3.87. The Morgan fingerprint density at radius 2 is 2.00 bits per heavy atom. The first kappa shape index (κ1) is 18.2. The lowest BCUT2D eigenvalue weighted by Gasteiger charge is -2.10. The van der Waals surface area contributed by atoms with E-state index in [9.17, 15) is 9.59 Å². The number of fused-ring (bicyclic) bond motifs is 2. The zero-order chi connectivity index (χ0) is 20.7. The van der Waals surface area contributed by atoms with Gasteiger partial charge in [0.1, 0.15) is 5.69 Å². The van der Waals surface area contributed by atoms with Crippen LogP contribution in [0.3, 0.4) is 0 Å². The molecule has 7 heteroatoms. The second kappa shape index (κ2) is 7.18. The topological polar surface area (TPSA) is 103 Å². The van der Waals surface area contributed by atoms with Crippen molar-refractivity contribution in [3.8, 4) is 22.5 Å². The minimum Gasteiger partial charge on any atom is -0.358 e. The van der Waals surface area contributed by atoms with Crippen LogP contribution in [0.1, 0.15) is 33.5 Å². The van der Waals surface area contributed by atoms with Crippen molar-refractivity contribution in [3.05, 3.63) is 65.6 Å². The highest BCUT2D eigenvalue weighted by Crippen LogP contribution is 2.29. The van der Waals surface area contributed by atoms with Crippen molar-refractivity contribution in [2.24, 2.45) is 0 Å². The van der Waals surface area contributed by atoms with Gasteiger partial charge in [0.25, 0.3) is 11.8 Å². The summed E-state index contributed by atoms with van der Waals surface area (Å²) in [7, 11) is 0. The van der Waals surface area contributed by atoms with E-state index in [2.05, 4.69) is 25.6 Å². The SMILES string of the molecule is CCNC(=O)c1cc2cc(-c3cc(-c4cc5c([nH]4)CCNC5=O)ccn3)ccc2[nH]1. The average Bonchev–Trinajstić information content (AvgIpc) is 3.39. The first-order valence-corrected chi connectivity index (χ1v) is 10.00. The number of nitrogens with zero attached hydrogens (tertiary/aromatic N) is 1. The van der Waals surface area contributed by atoms with E-state index in [1.165, 1.54) is 0 Å². The number of carbonyl (C=O) groups is 2. The van der Waals surface area contributed by atoms with Crippen LogP contribution in [0.5, 0.6) is 0 Å². The van der Waals surface area contributed by atoms with E-state index in [-0.39, 0.29) is 11.8 Å². The number of H-pyrrole nitrogens is 2. The minimum absolute atomic E-state index is 0.0335. The lowest BCUT2D eigenvalue weighted by molar-refractivity contribution is 0.0940. The normalized spacial score (nSPS) is 13.2. The molecule has 3 aromatic heterocycles. The molecule has 150 valence electrons. The Morgan fingerprint density at radius 1 is 1.10 bits per heavy atom. The van der Waals surface area contributed by atoms with Gasteiger partial charge in [-0.05, 0) is 43.3 Å². The van der Waals surface area contributed by atoms with Gasteiger partial charge in [0, 0.05) is 59.1 Å². The molecule has 30 heavy (non-hydrogen) atoms. The first-order valence-electron chi connectivity index (χ1n) is 10.00. The number of rotatable bonds is 4. The van der Waals surface area contributed by atoms with Gasteiger partial charge in [-0.15, -0.1) is 0 Å². The molecule has 0 atom stereocenters. The summed E-state index contributed by atoms with van der Waals surface area (Å²) in [5.74, 6) is -0.149. The molecule has 0 bridgehead atoms. The Morgan fingerprint density at radius 3 is 2.83 bits per heavy atom. The Bertz CT molecular complexity index is 1280. The Balaban J connectivity index is 1.50. The number of amides is 2. The molecule has 0 saturated heterocycles. The van der Waals surface area contributed by atoms with Gasteiger partial charge < -0.3 is 20.6 Å². The molecule has 0 fully saturated rings. The molecule has 1 aromatic carbocycles. The molecule has 1 aliphatic heterocycles. The van der Waals surface area contributed by atoms with Crippen molar-refractivity contribution in [1.29, 1.82) is 0 Å². The quantitative estimate of drug-likeness (QED) is 0.423. The summed E-state index contributed by atoms with van der Waals surface area (Å²) in [5.41, 5.74) is 6.79. The number of pyridine rings is 1. The van der Waals surface area contributed by atoms with Gasteiger partial charge >= 0.3 is 0 Å². The van der Waals surface area contributed by atoms with Gasteiger partial charge in [-0.1, -0.05) is 6.07 Å². The standard InChI is InChI=1S/C23H21N5O2/c1-2-24-23(30)21-11-15-9-13(3-4-17(15)27-21)19-10-14(5-7-25-19)20-12-16-18(28-20)6-8-26-22(16)29/h3-5,7,9-12,27-28H,2,6,8H2,1H3,(H,24,30)(H,26,29). The fourth-order valence-electron chi connectivity index (χ4n) is 3.87. The van der Waals surface area contributed by atoms with Gasteiger partial charge in [0.15, 0.2) is 0 Å². The molecule has 0 radical (unpaired) electrons. The van der Waals surface area contributed by atoms with Crippen LogP contribution in [-0.2, 0) is 6.42 Å². The number of benzene rings is 1. The van der Waals surface area contributed by atoms with E-state index in [0.717, 1.165) is 45.5 Å². The van der Waals surface area contributed by atoms with Crippen molar-refractivity contribution in [2.45, 2.75) is 13.3 Å². The van der Waals surface area contributed by atoms with E-state index < -0.39 is 0 Å². The lowest BCUT2D eigenvalue weighted by Crippen LogP contribution is -2.31. The maximum absolute atomic E-state index is 12.1. The Labute approximate surface area is 172 Å². The van der Waals surface area contributed by atoms with Crippen LogP contribution in [0.25, 0.3) is 33.4 Å². The predicted molar refractivity (Wildman–Crippen MR) is 115 cm³/mol. The zero-order valence-corrected chi connectivity index (χ0v) is 16.5. The molecular formula is C23H21N5O2. The van der Waals surface area contributed by atoms with Crippen LogP contribution >= 0.6 is 0 Å². The highest BCUT2D eigenvalue weighted by atomic mass is 16.2. The molecule has 4 aromatic rings. The van der Waals surface area contributed by atoms with Crippen molar-refractivity contribution in [2.75, 3.05) is 13.1 Å². The molecule has 0 spiro atoms. The highest BCUT2D eigenvalue weighted by Gasteiger charge is 2.20. The number of carbonyl (C=O) groups excluding carboxylic acids is 2. The molecule has 1 aliphatic rings. The van der Waals surface area contributed by atoms with Crippen molar-refractivity contribution >= 4 is 22.7 Å². The van der Waals surface area contributed by atoms with Crippen molar-refractivity contribution < 1.29 is 9.59 Å². The maximum atomic E-state index is 12.1. The summed E-state index contributed by atoms with van der Waals surface area (Å²) in [5, 5.41) is 6.63. The van der Waals surface area contributed by atoms with Crippen molar-refractivity contribution in [3.63, 3.8) is 0 Å². The molecule has 4 heterocycles. The molecular weight excluding hydrogens is 378 g/mol. The van der Waals surface area contributed by atoms with E-state index >= 15 is 0 Å². The number of aromatic nitrogens is 3. The fourth-order valence-corrected chi connectivity index (χ4v) is 3.87. The summed E-state index contributed by atoms with van der Waals surface area (Å²) < 4.78 is 0. The van der Waals surface area contributed by atoms with E-state index in [4.69, 9.17) is 0 Å². The summed E-state index contributed by atoms with van der Waals surface area (Å²) >= 11 is 0. The molecule has 0 unspecified atom stereocenters. The lowest BCUT2D eigenvalue weighted by atomic mass is 10.1. The fraction of sp³-hybridized carbons (Fsp3) is 0.174. The van der Waals surface area contributed by atoms with Gasteiger partial charge in [-0.25, -0.2) is 0 Å². The van der Waals surface area contributed by atoms with Crippen LogP contribution in [0.4, 0.5) is 0 Å². The van der Waals surface area contributed by atoms with Gasteiger partial charge in [0.2, 0.25) is 0 Å². The van der Waals surface area contributed by atoms with Crippen LogP contribution < -0.4 is 10.6 Å². The van der Waals surface area contributed by atoms with Crippen LogP contribution in [-0.4, -0.2) is 39.9 Å². The molecule has 2 amide bonds. The second-order valence-electron chi connectivity index (χ2n) is 7.36. The first-order chi connectivity index (χ1) is 14.6. The zero-order valence-electron chi connectivity index (χ0n) is 16.5. The third-order valence-electron chi connectivity index (χ3n) is 5.37. The summed E-state index contributed by atoms with van der Waals surface area (Å²) in [6.45, 7) is 3.13. The van der Waals surface area contributed by atoms with Crippen molar-refractivity contribution in [1.82, 2.24) is 25.6 Å². The number of nitrogens with one attached hydrogen (secondary N) is 4. The monoisotopic (exact) mass is 399 g/mol. The highest BCUT2D eigenvalue weighted by molar-refractivity contribution is 5.99. The summed E-state index contributed by atoms with van der Waals surface area (Å²) in [6.07, 6.45) is 2.57. The number of hydrogen-bond acceptors (Lipinski definition) is 3. The third-order valence-corrected chi connectivity index (χ3v) is 5.37. The molecule has 0 aliphatic carbocycles. The molecule has 4 N–H and O–H groups in total. The van der Waals surface area contributed by atoms with E-state index in [1.54, 1.807) is 6.20 Å². The molecule has 7 nitrogen and oxygen atoms in total. The predicted octanol–water partition coefficient (Wildman–Crippen LogP) is 3.26. The summed E-state index contributed by atoms with van der Waals surface area (Å²) in [4.78, 5) is 35.2. The number of aromatic amines is 2. The number of hydrogen-bond donors (Lipinski definition) is 4. The van der Waals surface area contributed by atoms with Crippen LogP contribution in [0.2, 0.25) is 0 Å². The Kier molecular flexibility index (Phi) is 4.35. The van der Waals surface area contributed by atoms with Gasteiger partial charge in [-0.2, -0.15) is 0 Å². The van der Waals surface area contributed by atoms with Gasteiger partial charge in [0.05, 0.1) is 11.3 Å². The molecule has 5 rings (SSSR count). The van der Waals surface area contributed by atoms with E-state index in [1.807, 2.05) is 49.4 Å². The molecule has 0 saturated carbocycles.